The van der Waals surface area contributed by atoms with Crippen LogP contribution in [-0.2, 0) is 27.3 Å². The lowest BCUT2D eigenvalue weighted by atomic mass is 9.90. The molecular formula is C36H32N4O5. The Morgan fingerprint density at radius 2 is 1.64 bits per heavy atom. The van der Waals surface area contributed by atoms with Crippen LogP contribution >= 0.6 is 0 Å². The number of allylic oxidation sites excluding steroid dienone is 1. The highest BCUT2D eigenvalue weighted by molar-refractivity contribution is 6.26. The molecule has 4 aromatic rings. The van der Waals surface area contributed by atoms with Gasteiger partial charge in [-0.25, -0.2) is 4.98 Å². The number of ether oxygens (including phenoxy) is 1. The molecule has 0 unspecified atom stereocenters. The Balaban J connectivity index is 1.35. The summed E-state index contributed by atoms with van der Waals surface area (Å²) in [6.45, 7) is 6.25. The minimum absolute atomic E-state index is 0.0393. The predicted octanol–water partition coefficient (Wildman–Crippen LogP) is 4.87. The van der Waals surface area contributed by atoms with Crippen molar-refractivity contribution in [1.82, 2.24) is 14.8 Å². The van der Waals surface area contributed by atoms with Crippen LogP contribution in [0.4, 0.5) is 5.69 Å². The van der Waals surface area contributed by atoms with Crippen LogP contribution in [0.25, 0.3) is 28.1 Å². The summed E-state index contributed by atoms with van der Waals surface area (Å²) in [6.07, 6.45) is 2.43. The molecule has 0 radical (unpaired) electrons. The summed E-state index contributed by atoms with van der Waals surface area (Å²) < 4.78 is 5.49. The van der Waals surface area contributed by atoms with Crippen molar-refractivity contribution in [2.45, 2.75) is 26.8 Å². The molecule has 0 atom stereocenters. The van der Waals surface area contributed by atoms with Gasteiger partial charge in [0.2, 0.25) is 17.6 Å². The van der Waals surface area contributed by atoms with Gasteiger partial charge in [-0.2, -0.15) is 0 Å². The number of hydrogen-bond acceptors (Lipinski definition) is 6. The Morgan fingerprint density at radius 1 is 0.844 bits per heavy atom. The molecule has 9 nitrogen and oxygen atoms in total. The van der Waals surface area contributed by atoms with Crippen LogP contribution in [-0.4, -0.2) is 71.1 Å². The van der Waals surface area contributed by atoms with E-state index in [2.05, 4.69) is 12.1 Å². The second-order valence-corrected chi connectivity index (χ2v) is 11.6. The smallest absolute Gasteiger partial charge is 0.254 e. The van der Waals surface area contributed by atoms with Crippen molar-refractivity contribution in [2.24, 2.45) is 0 Å². The summed E-state index contributed by atoms with van der Waals surface area (Å²) in [4.78, 5) is 62.0. The van der Waals surface area contributed by atoms with Crippen molar-refractivity contribution >= 4 is 46.2 Å². The minimum atomic E-state index is -0.260. The molecule has 1 aromatic heterocycles. The maximum absolute atomic E-state index is 13.9. The lowest BCUT2D eigenvalue weighted by Gasteiger charge is -2.29. The van der Waals surface area contributed by atoms with Gasteiger partial charge < -0.3 is 14.5 Å². The molecule has 45 heavy (non-hydrogen) atoms. The highest BCUT2D eigenvalue weighted by Crippen LogP contribution is 2.37. The maximum atomic E-state index is 13.9. The van der Waals surface area contributed by atoms with Crippen LogP contribution in [0, 0.1) is 0 Å². The van der Waals surface area contributed by atoms with Gasteiger partial charge in [0.15, 0.2) is 0 Å². The lowest BCUT2D eigenvalue weighted by Crippen LogP contribution is -2.40. The standard InChI is InChI=1S/C36H32N4O5/c1-22(41)39-14-13-24-7-8-25(19-26(24)21-39)34-28-10-9-27(20-33-35(43)29-5-3-4-6-32(29)40(33)23(2)42)37-31(28)12-11-30(34)36(44)38-15-17-45-18-16-38/h3-12,19-20H,13-18,21H2,1-2H3/b33-20-. The fourth-order valence-electron chi connectivity index (χ4n) is 6.55. The van der Waals surface area contributed by atoms with E-state index in [0.29, 0.717) is 67.4 Å². The molecule has 1 saturated heterocycles. The number of ketones is 1. The van der Waals surface area contributed by atoms with Crippen molar-refractivity contribution in [2.75, 3.05) is 37.7 Å². The largest absolute Gasteiger partial charge is 0.378 e. The quantitative estimate of drug-likeness (QED) is 0.311. The number of fused-ring (bicyclic) bond motifs is 3. The van der Waals surface area contributed by atoms with E-state index in [4.69, 9.17) is 9.72 Å². The van der Waals surface area contributed by atoms with Crippen molar-refractivity contribution in [1.29, 1.82) is 0 Å². The fraction of sp³-hybridized carbons (Fsp3) is 0.250. The van der Waals surface area contributed by atoms with E-state index in [0.717, 1.165) is 28.5 Å². The van der Waals surface area contributed by atoms with E-state index in [1.54, 1.807) is 37.3 Å². The first-order valence-corrected chi connectivity index (χ1v) is 15.1. The molecule has 3 aliphatic rings. The average molecular weight is 601 g/mol. The van der Waals surface area contributed by atoms with Gasteiger partial charge in [-0.05, 0) is 65.6 Å². The number of amides is 3. The Bertz CT molecular complexity index is 1940. The number of para-hydroxylation sites is 1. The zero-order chi connectivity index (χ0) is 31.2. The first kappa shape index (κ1) is 28.6. The van der Waals surface area contributed by atoms with Crippen molar-refractivity contribution in [3.05, 3.63) is 100 Å². The maximum Gasteiger partial charge on any atom is 0.254 e. The summed E-state index contributed by atoms with van der Waals surface area (Å²) in [5, 5.41) is 0.792. The number of nitrogens with zero attached hydrogens (tertiary/aromatic N) is 4. The SMILES string of the molecule is CC(=O)N1CCc2ccc(-c3c(C(=O)N4CCOCC4)ccc4nc(/C=C5/C(=O)c6ccccc6N5C(C)=O)ccc34)cc2C1. The molecule has 3 aromatic carbocycles. The van der Waals surface area contributed by atoms with Gasteiger partial charge >= 0.3 is 0 Å². The van der Waals surface area contributed by atoms with Gasteiger partial charge in [0.25, 0.3) is 5.91 Å². The van der Waals surface area contributed by atoms with E-state index in [1.165, 1.54) is 17.4 Å². The number of pyridine rings is 1. The van der Waals surface area contributed by atoms with Gasteiger partial charge in [-0.1, -0.05) is 30.3 Å². The topological polar surface area (TPSA) is 100 Å². The number of morpholine rings is 1. The van der Waals surface area contributed by atoms with Crippen molar-refractivity contribution < 1.29 is 23.9 Å². The first-order valence-electron chi connectivity index (χ1n) is 15.1. The summed E-state index contributed by atoms with van der Waals surface area (Å²) in [7, 11) is 0. The summed E-state index contributed by atoms with van der Waals surface area (Å²) in [5.41, 5.74) is 6.93. The van der Waals surface area contributed by atoms with E-state index >= 15 is 0 Å². The lowest BCUT2D eigenvalue weighted by molar-refractivity contribution is -0.129. The Hall–Kier alpha value is -5.15. The second kappa shape index (κ2) is 11.4. The fourth-order valence-corrected chi connectivity index (χ4v) is 6.55. The third-order valence-corrected chi connectivity index (χ3v) is 8.84. The average Bonchev–Trinajstić information content (AvgIpc) is 3.34. The molecule has 226 valence electrons. The van der Waals surface area contributed by atoms with Crippen LogP contribution < -0.4 is 4.90 Å². The van der Waals surface area contributed by atoms with Gasteiger partial charge in [-0.3, -0.25) is 24.1 Å². The van der Waals surface area contributed by atoms with Gasteiger partial charge in [0.05, 0.1) is 35.8 Å². The van der Waals surface area contributed by atoms with Gasteiger partial charge in [-0.15, -0.1) is 0 Å². The molecule has 1 fully saturated rings. The number of aromatic nitrogens is 1. The molecule has 3 amide bonds. The zero-order valence-corrected chi connectivity index (χ0v) is 25.2. The number of benzene rings is 3. The van der Waals surface area contributed by atoms with E-state index in [9.17, 15) is 19.2 Å². The molecule has 0 spiro atoms. The van der Waals surface area contributed by atoms with Crippen molar-refractivity contribution in [3.8, 4) is 11.1 Å². The molecule has 0 aliphatic carbocycles. The molecule has 4 heterocycles. The Morgan fingerprint density at radius 3 is 2.42 bits per heavy atom. The van der Waals surface area contributed by atoms with Crippen LogP contribution in [0.15, 0.2) is 72.4 Å². The van der Waals surface area contributed by atoms with Crippen molar-refractivity contribution in [3.63, 3.8) is 0 Å². The summed E-state index contributed by atoms with van der Waals surface area (Å²) >= 11 is 0. The molecule has 7 rings (SSSR count). The summed E-state index contributed by atoms with van der Waals surface area (Å²) in [6, 6.07) is 20.7. The number of rotatable bonds is 3. The van der Waals surface area contributed by atoms with Crippen LogP contribution in [0.5, 0.6) is 0 Å². The van der Waals surface area contributed by atoms with E-state index in [1.807, 2.05) is 40.1 Å². The van der Waals surface area contributed by atoms with E-state index in [-0.39, 0.29) is 29.2 Å². The Kier molecular flexibility index (Phi) is 7.25. The highest BCUT2D eigenvalue weighted by Gasteiger charge is 2.34. The number of carbonyl (C=O) groups is 4. The normalized spacial score (nSPS) is 17.1. The molecule has 0 saturated carbocycles. The third kappa shape index (κ3) is 5.09. The van der Waals surface area contributed by atoms with Gasteiger partial charge in [0.1, 0.15) is 0 Å². The zero-order valence-electron chi connectivity index (χ0n) is 25.2. The van der Waals surface area contributed by atoms with Crippen LogP contribution in [0.2, 0.25) is 0 Å². The molecule has 3 aliphatic heterocycles. The number of Topliss-reactive ketones (excluding diaryl/α,β-unsaturated/α-hetero) is 1. The monoisotopic (exact) mass is 600 g/mol. The number of hydrogen-bond donors (Lipinski definition) is 0. The predicted molar refractivity (Wildman–Crippen MR) is 171 cm³/mol. The summed E-state index contributed by atoms with van der Waals surface area (Å²) in [5.74, 6) is -0.526. The first-order chi connectivity index (χ1) is 21.8. The molecular weight excluding hydrogens is 568 g/mol. The van der Waals surface area contributed by atoms with Crippen LogP contribution in [0.3, 0.4) is 0 Å². The number of anilines is 1. The molecule has 0 N–H and O–H groups in total. The number of carbonyl (C=O) groups excluding carboxylic acids is 4. The van der Waals surface area contributed by atoms with E-state index < -0.39 is 0 Å². The van der Waals surface area contributed by atoms with Gasteiger partial charge in [0, 0.05) is 62.1 Å². The Labute approximate surface area is 260 Å². The molecule has 9 heteroatoms. The molecule has 0 bridgehead atoms. The minimum Gasteiger partial charge on any atom is -0.378 e. The van der Waals surface area contributed by atoms with Crippen LogP contribution in [0.1, 0.15) is 51.4 Å². The third-order valence-electron chi connectivity index (χ3n) is 8.84. The second-order valence-electron chi connectivity index (χ2n) is 11.6. The highest BCUT2D eigenvalue weighted by atomic mass is 16.5.